The number of nitrogens with two attached hydrogens (primary N) is 1. The second kappa shape index (κ2) is 9.55. The first kappa shape index (κ1) is 22.2. The molecule has 3 rings (SSSR count). The van der Waals surface area contributed by atoms with E-state index in [9.17, 15) is 13.2 Å². The molecule has 9 heteroatoms. The van der Waals surface area contributed by atoms with Gasteiger partial charge < -0.3 is 9.30 Å². The van der Waals surface area contributed by atoms with Gasteiger partial charge in [-0.15, -0.1) is 0 Å². The highest BCUT2D eigenvalue weighted by Crippen LogP contribution is 2.21. The molecule has 0 aliphatic heterocycles. The maximum atomic E-state index is 12.1. The monoisotopic (exact) mass is 491 g/mol. The highest BCUT2D eigenvalue weighted by molar-refractivity contribution is 9.10. The van der Waals surface area contributed by atoms with Crippen molar-refractivity contribution in [3.05, 3.63) is 64.4 Å². The van der Waals surface area contributed by atoms with E-state index in [-0.39, 0.29) is 11.5 Å². The fraction of sp³-hybridized carbons (Fsp3) is 0.238. The van der Waals surface area contributed by atoms with Crippen molar-refractivity contribution in [3.8, 4) is 0 Å². The Balaban J connectivity index is 1.80. The van der Waals surface area contributed by atoms with Crippen molar-refractivity contribution in [2.24, 2.45) is 5.14 Å². The van der Waals surface area contributed by atoms with Crippen molar-refractivity contribution in [3.63, 3.8) is 0 Å². The number of esters is 1. The van der Waals surface area contributed by atoms with Gasteiger partial charge in [0.2, 0.25) is 10.0 Å². The predicted molar refractivity (Wildman–Crippen MR) is 119 cm³/mol. The number of sulfonamides is 1. The van der Waals surface area contributed by atoms with E-state index in [1.54, 1.807) is 12.1 Å². The molecule has 1 heterocycles. The summed E-state index contributed by atoms with van der Waals surface area (Å²) in [6.07, 6.45) is 4.92. The van der Waals surface area contributed by atoms with E-state index in [0.717, 1.165) is 28.4 Å². The average molecular weight is 492 g/mol. The molecule has 0 saturated heterocycles. The second-order valence-corrected chi connectivity index (χ2v) is 9.20. The molecular weight excluding hydrogens is 470 g/mol. The Kier molecular flexibility index (Phi) is 7.06. The van der Waals surface area contributed by atoms with Crippen LogP contribution in [0.5, 0.6) is 0 Å². The number of imidazole rings is 1. The molecule has 2 N–H and O–H groups in total. The van der Waals surface area contributed by atoms with Crippen molar-refractivity contribution in [1.29, 1.82) is 0 Å². The molecule has 0 amide bonds. The molecule has 0 unspecified atom stereocenters. The van der Waals surface area contributed by atoms with Crippen LogP contribution in [0.4, 0.5) is 0 Å². The molecule has 0 radical (unpaired) electrons. The van der Waals surface area contributed by atoms with Crippen LogP contribution in [0.25, 0.3) is 17.1 Å². The zero-order valence-electron chi connectivity index (χ0n) is 16.4. The minimum Gasteiger partial charge on any atom is -0.454 e. The molecular formula is C21H22BrN3O4S. The van der Waals surface area contributed by atoms with Crippen LogP contribution in [0.1, 0.15) is 31.2 Å². The molecule has 1 aromatic heterocycles. The third kappa shape index (κ3) is 5.56. The largest absolute Gasteiger partial charge is 0.454 e. The van der Waals surface area contributed by atoms with Crippen molar-refractivity contribution in [2.45, 2.75) is 37.8 Å². The number of hydrogen-bond acceptors (Lipinski definition) is 5. The van der Waals surface area contributed by atoms with Crippen LogP contribution in [-0.4, -0.2) is 23.9 Å². The lowest BCUT2D eigenvalue weighted by Gasteiger charge is -2.08. The molecule has 0 aliphatic carbocycles. The van der Waals surface area contributed by atoms with Crippen LogP contribution in [0, 0.1) is 0 Å². The number of nitrogens with zero attached hydrogens (tertiary/aromatic N) is 2. The number of benzene rings is 2. The number of primary sulfonamides is 1. The third-order valence-electron chi connectivity index (χ3n) is 4.47. The maximum absolute atomic E-state index is 12.1. The Labute approximate surface area is 183 Å². The van der Waals surface area contributed by atoms with Crippen molar-refractivity contribution < 1.29 is 17.9 Å². The highest BCUT2D eigenvalue weighted by Gasteiger charge is 2.15. The zero-order valence-corrected chi connectivity index (χ0v) is 18.8. The molecule has 7 nitrogen and oxygen atoms in total. The number of unbranched alkanes of at least 4 members (excludes halogenated alkanes) is 1. The van der Waals surface area contributed by atoms with E-state index in [2.05, 4.69) is 27.8 Å². The smallest absolute Gasteiger partial charge is 0.331 e. The number of rotatable bonds is 8. The van der Waals surface area contributed by atoms with Gasteiger partial charge >= 0.3 is 5.97 Å². The van der Waals surface area contributed by atoms with Gasteiger partial charge in [0.25, 0.3) is 0 Å². The lowest BCUT2D eigenvalue weighted by atomic mass is 10.2. The summed E-state index contributed by atoms with van der Waals surface area (Å²) in [5.74, 6) is 0.0588. The molecule has 0 fully saturated rings. The Morgan fingerprint density at radius 2 is 2.07 bits per heavy atom. The summed E-state index contributed by atoms with van der Waals surface area (Å²) in [6, 6.07) is 12.1. The summed E-state index contributed by atoms with van der Waals surface area (Å²) in [4.78, 5) is 16.6. The summed E-state index contributed by atoms with van der Waals surface area (Å²) >= 11 is 3.39. The number of halogens is 1. The summed E-state index contributed by atoms with van der Waals surface area (Å²) < 4.78 is 31.5. The van der Waals surface area contributed by atoms with E-state index in [1.807, 2.05) is 28.8 Å². The number of hydrogen-bond donors (Lipinski definition) is 1. The lowest BCUT2D eigenvalue weighted by molar-refractivity contribution is -0.139. The standard InChI is InChI=1S/C21H22BrN3O4S/c1-2-3-11-25-19-9-8-17(30(23,27)28)13-18(19)24-20(25)14-29-21(26)10-7-15-5-4-6-16(22)12-15/h4-10,12-13H,2-3,11,14H2,1H3,(H2,23,27,28)/b10-7+. The average Bonchev–Trinajstić information content (AvgIpc) is 3.05. The van der Waals surface area contributed by atoms with Crippen LogP contribution in [0.3, 0.4) is 0 Å². The van der Waals surface area contributed by atoms with Gasteiger partial charge in [-0.25, -0.2) is 23.3 Å². The molecule has 0 bridgehead atoms. The van der Waals surface area contributed by atoms with Crippen LogP contribution in [0.15, 0.2) is 57.9 Å². The Bertz CT molecular complexity index is 1200. The molecule has 3 aromatic rings. The van der Waals surface area contributed by atoms with Gasteiger partial charge in [-0.2, -0.15) is 0 Å². The zero-order chi connectivity index (χ0) is 21.7. The summed E-state index contributed by atoms with van der Waals surface area (Å²) in [7, 11) is -3.82. The summed E-state index contributed by atoms with van der Waals surface area (Å²) in [5.41, 5.74) is 2.13. The Morgan fingerprint density at radius 3 is 2.77 bits per heavy atom. The second-order valence-electron chi connectivity index (χ2n) is 6.72. The summed E-state index contributed by atoms with van der Waals surface area (Å²) in [6.45, 7) is 2.73. The minimum absolute atomic E-state index is 0.00404. The number of ether oxygens (including phenoxy) is 1. The van der Waals surface area contributed by atoms with Crippen LogP contribution in [-0.2, 0) is 32.7 Å². The van der Waals surface area contributed by atoms with Crippen molar-refractivity contribution in [2.75, 3.05) is 0 Å². The molecule has 0 spiro atoms. The van der Waals surface area contributed by atoms with Crippen LogP contribution < -0.4 is 5.14 Å². The van der Waals surface area contributed by atoms with Crippen molar-refractivity contribution in [1.82, 2.24) is 9.55 Å². The van der Waals surface area contributed by atoms with E-state index in [1.165, 1.54) is 18.2 Å². The molecule has 158 valence electrons. The molecule has 2 aromatic carbocycles. The first-order chi connectivity index (χ1) is 14.3. The molecule has 30 heavy (non-hydrogen) atoms. The Hall–Kier alpha value is -2.49. The van der Waals surface area contributed by atoms with Gasteiger partial charge in [-0.05, 0) is 48.4 Å². The molecule has 0 aliphatic rings. The first-order valence-corrected chi connectivity index (χ1v) is 11.7. The number of fused-ring (bicyclic) bond motifs is 1. The quantitative estimate of drug-likeness (QED) is 0.378. The van der Waals surface area contributed by atoms with E-state index >= 15 is 0 Å². The van der Waals surface area contributed by atoms with Gasteiger partial charge in [0, 0.05) is 17.1 Å². The van der Waals surface area contributed by atoms with Gasteiger partial charge in [0.05, 0.1) is 15.9 Å². The topological polar surface area (TPSA) is 104 Å². The van der Waals surface area contributed by atoms with Gasteiger partial charge in [-0.1, -0.05) is 41.4 Å². The highest BCUT2D eigenvalue weighted by atomic mass is 79.9. The van der Waals surface area contributed by atoms with Crippen LogP contribution >= 0.6 is 15.9 Å². The number of carbonyl (C=O) groups excluding carboxylic acids is 1. The predicted octanol–water partition coefficient (Wildman–Crippen LogP) is 4.00. The van der Waals surface area contributed by atoms with E-state index < -0.39 is 16.0 Å². The van der Waals surface area contributed by atoms with E-state index in [0.29, 0.717) is 17.9 Å². The SMILES string of the molecule is CCCCn1c(COC(=O)/C=C/c2cccc(Br)c2)nc2cc(S(N)(=O)=O)ccc21. The maximum Gasteiger partial charge on any atom is 0.331 e. The molecule has 0 saturated carbocycles. The van der Waals surface area contributed by atoms with Crippen molar-refractivity contribution >= 4 is 49.0 Å². The molecule has 0 atom stereocenters. The fourth-order valence-corrected chi connectivity index (χ4v) is 3.92. The van der Waals surface area contributed by atoms with E-state index in [4.69, 9.17) is 9.88 Å². The van der Waals surface area contributed by atoms with Gasteiger partial charge in [0.15, 0.2) is 0 Å². The van der Waals surface area contributed by atoms with Crippen LogP contribution in [0.2, 0.25) is 0 Å². The summed E-state index contributed by atoms with van der Waals surface area (Å²) in [5, 5.41) is 5.22. The third-order valence-corrected chi connectivity index (χ3v) is 5.87. The number of carbonyl (C=O) groups is 1. The first-order valence-electron chi connectivity index (χ1n) is 9.40. The lowest BCUT2D eigenvalue weighted by Crippen LogP contribution is -2.11. The Morgan fingerprint density at radius 1 is 1.27 bits per heavy atom. The minimum atomic E-state index is -3.82. The van der Waals surface area contributed by atoms with Gasteiger partial charge in [0.1, 0.15) is 12.4 Å². The fourth-order valence-electron chi connectivity index (χ4n) is 2.97. The van der Waals surface area contributed by atoms with Gasteiger partial charge in [-0.3, -0.25) is 0 Å². The normalized spacial score (nSPS) is 12.0. The number of aryl methyl sites for hydroxylation is 1. The number of aromatic nitrogens is 2.